The fourth-order valence-corrected chi connectivity index (χ4v) is 4.74. The van der Waals surface area contributed by atoms with Crippen molar-refractivity contribution in [1.29, 1.82) is 0 Å². The predicted molar refractivity (Wildman–Crippen MR) is 148 cm³/mol. The van der Waals surface area contributed by atoms with E-state index in [1.807, 2.05) is 30.3 Å². The molecule has 2 aromatic carbocycles. The number of hydrogen-bond donors (Lipinski definition) is 1. The van der Waals surface area contributed by atoms with Crippen LogP contribution in [0.1, 0.15) is 11.1 Å². The van der Waals surface area contributed by atoms with E-state index in [-0.39, 0.29) is 18.9 Å². The van der Waals surface area contributed by atoms with E-state index < -0.39 is 17.1 Å². The number of para-hydroxylation sites is 1. The van der Waals surface area contributed by atoms with Crippen molar-refractivity contribution in [1.82, 2.24) is 25.0 Å². The second-order valence-corrected chi connectivity index (χ2v) is 9.46. The minimum atomic E-state index is -0.407. The number of thioether (sulfide) groups is 1. The van der Waals surface area contributed by atoms with Gasteiger partial charge in [0.05, 0.1) is 16.3 Å². The lowest BCUT2D eigenvalue weighted by Crippen LogP contribution is -2.36. The number of imide groups is 1. The molecule has 1 fully saturated rings. The Balaban J connectivity index is 1.24. The molecule has 0 saturated carbocycles. The number of aromatic nitrogens is 3. The summed E-state index contributed by atoms with van der Waals surface area (Å²) in [5.41, 5.74) is 3.50. The first-order valence-electron chi connectivity index (χ1n) is 12.0. The third kappa shape index (κ3) is 6.19. The smallest absolute Gasteiger partial charge is 0.293 e. The highest BCUT2D eigenvalue weighted by Gasteiger charge is 2.34. The Morgan fingerprint density at radius 1 is 1.03 bits per heavy atom. The first-order valence-corrected chi connectivity index (χ1v) is 12.8. The number of nitrogens with one attached hydrogen (secondary N) is 1. The maximum Gasteiger partial charge on any atom is 0.293 e. The zero-order valence-corrected chi connectivity index (χ0v) is 21.3. The van der Waals surface area contributed by atoms with Gasteiger partial charge in [-0.05, 0) is 71.9 Å². The molecular formula is C29H22FN5O3S. The van der Waals surface area contributed by atoms with Crippen LogP contribution in [0.3, 0.4) is 0 Å². The molecule has 1 aliphatic rings. The Kier molecular flexibility index (Phi) is 7.74. The number of pyridine rings is 1. The number of nitrogens with zero attached hydrogens (tertiary/aromatic N) is 4. The van der Waals surface area contributed by atoms with Crippen LogP contribution < -0.4 is 5.32 Å². The van der Waals surface area contributed by atoms with Crippen molar-refractivity contribution in [2.75, 3.05) is 13.1 Å². The van der Waals surface area contributed by atoms with E-state index in [4.69, 9.17) is 0 Å². The molecule has 8 nitrogen and oxygen atoms in total. The Bertz CT molecular complexity index is 1570. The molecule has 194 valence electrons. The second-order valence-electron chi connectivity index (χ2n) is 8.46. The third-order valence-corrected chi connectivity index (χ3v) is 6.69. The summed E-state index contributed by atoms with van der Waals surface area (Å²) in [4.78, 5) is 42.9. The lowest BCUT2D eigenvalue weighted by molar-refractivity contribution is -0.123. The molecule has 2 aromatic heterocycles. The summed E-state index contributed by atoms with van der Waals surface area (Å²) in [6, 6.07) is 19.0. The van der Waals surface area contributed by atoms with Crippen LogP contribution in [0.25, 0.3) is 29.1 Å². The molecule has 39 heavy (non-hydrogen) atoms. The van der Waals surface area contributed by atoms with Crippen molar-refractivity contribution >= 4 is 41.0 Å². The zero-order chi connectivity index (χ0) is 27.2. The molecule has 10 heteroatoms. The van der Waals surface area contributed by atoms with Crippen LogP contribution in [0, 0.1) is 5.82 Å². The number of benzene rings is 2. The minimum absolute atomic E-state index is 0.0431. The maximum absolute atomic E-state index is 13.5. The van der Waals surface area contributed by atoms with Crippen molar-refractivity contribution in [3.05, 3.63) is 113 Å². The van der Waals surface area contributed by atoms with Gasteiger partial charge in [-0.25, -0.2) is 9.07 Å². The standard InChI is InChI=1S/C29H22FN5O3S/c30-23-11-8-21(9-12-23)27-22(19-35(33-27)24-6-2-1-3-7-24)10-13-26(36)32-15-16-34-28(37)25(39-29(34)38)17-20-5-4-14-31-18-20/h1-14,17-19H,15-16H2,(H,32,36)/b13-10+,25-17-. The number of carbonyl (C=O) groups is 3. The van der Waals surface area contributed by atoms with E-state index in [0.29, 0.717) is 21.7 Å². The van der Waals surface area contributed by atoms with Gasteiger partial charge in [0.15, 0.2) is 0 Å². The lowest BCUT2D eigenvalue weighted by atomic mass is 10.1. The minimum Gasteiger partial charge on any atom is -0.351 e. The van der Waals surface area contributed by atoms with Crippen LogP contribution in [-0.2, 0) is 9.59 Å². The molecule has 0 bridgehead atoms. The summed E-state index contributed by atoms with van der Waals surface area (Å²) in [5, 5.41) is 6.96. The molecule has 3 heterocycles. The fraction of sp³-hybridized carbons (Fsp3) is 0.0690. The fourth-order valence-electron chi connectivity index (χ4n) is 3.88. The monoisotopic (exact) mass is 539 g/mol. The van der Waals surface area contributed by atoms with Crippen molar-refractivity contribution in [3.8, 4) is 16.9 Å². The highest BCUT2D eigenvalue weighted by molar-refractivity contribution is 8.18. The molecule has 1 N–H and O–H groups in total. The van der Waals surface area contributed by atoms with Crippen molar-refractivity contribution in [3.63, 3.8) is 0 Å². The van der Waals surface area contributed by atoms with Gasteiger partial charge < -0.3 is 5.32 Å². The Morgan fingerprint density at radius 2 is 1.82 bits per heavy atom. The van der Waals surface area contributed by atoms with Crippen LogP contribution in [0.15, 0.2) is 96.3 Å². The number of halogens is 1. The molecule has 4 aromatic rings. The average molecular weight is 540 g/mol. The van der Waals surface area contributed by atoms with E-state index in [0.717, 1.165) is 27.9 Å². The van der Waals surface area contributed by atoms with Crippen LogP contribution in [0.4, 0.5) is 9.18 Å². The SMILES string of the molecule is O=C(/C=C/c1cn(-c2ccccc2)nc1-c1ccc(F)cc1)NCCN1C(=O)S/C(=C\c2cccnc2)C1=O. The highest BCUT2D eigenvalue weighted by atomic mass is 32.2. The highest BCUT2D eigenvalue weighted by Crippen LogP contribution is 2.31. The number of rotatable bonds is 8. The maximum atomic E-state index is 13.5. The van der Waals surface area contributed by atoms with Crippen molar-refractivity contribution in [2.24, 2.45) is 0 Å². The summed E-state index contributed by atoms with van der Waals surface area (Å²) in [6.07, 6.45) is 9.61. The lowest BCUT2D eigenvalue weighted by Gasteiger charge is -2.12. The normalized spacial score (nSPS) is 14.5. The Hall–Kier alpha value is -4.83. The molecule has 0 aliphatic carbocycles. The Labute approximate surface area is 227 Å². The first kappa shape index (κ1) is 25.8. The molecule has 0 atom stereocenters. The van der Waals surface area contributed by atoms with Crippen molar-refractivity contribution < 1.29 is 18.8 Å². The van der Waals surface area contributed by atoms with E-state index >= 15 is 0 Å². The van der Waals surface area contributed by atoms with Gasteiger partial charge in [-0.2, -0.15) is 5.10 Å². The van der Waals surface area contributed by atoms with Gasteiger partial charge in [0.2, 0.25) is 5.91 Å². The molecule has 0 spiro atoms. The van der Waals surface area contributed by atoms with Gasteiger partial charge in [-0.3, -0.25) is 24.3 Å². The topological polar surface area (TPSA) is 97.2 Å². The zero-order valence-electron chi connectivity index (χ0n) is 20.5. The molecule has 0 unspecified atom stereocenters. The Morgan fingerprint density at radius 3 is 2.56 bits per heavy atom. The van der Waals surface area contributed by atoms with Gasteiger partial charge in [0.25, 0.3) is 11.1 Å². The van der Waals surface area contributed by atoms with Gasteiger partial charge in [0.1, 0.15) is 5.82 Å². The molecule has 0 radical (unpaired) electrons. The number of amides is 3. The van der Waals surface area contributed by atoms with E-state index in [2.05, 4.69) is 15.4 Å². The van der Waals surface area contributed by atoms with Gasteiger partial charge >= 0.3 is 0 Å². The molecule has 5 rings (SSSR count). The van der Waals surface area contributed by atoms with Crippen LogP contribution in [-0.4, -0.2) is 49.8 Å². The van der Waals surface area contributed by atoms with Gasteiger partial charge in [-0.15, -0.1) is 0 Å². The molecular weight excluding hydrogens is 517 g/mol. The third-order valence-electron chi connectivity index (χ3n) is 5.79. The van der Waals surface area contributed by atoms with Crippen LogP contribution >= 0.6 is 11.8 Å². The summed E-state index contributed by atoms with van der Waals surface area (Å²) in [7, 11) is 0. The molecule has 1 aliphatic heterocycles. The van der Waals surface area contributed by atoms with Crippen LogP contribution in [0.5, 0.6) is 0 Å². The summed E-state index contributed by atoms with van der Waals surface area (Å²) >= 11 is 0.855. The van der Waals surface area contributed by atoms with Gasteiger partial charge in [0, 0.05) is 48.9 Å². The predicted octanol–water partition coefficient (Wildman–Crippen LogP) is 4.94. The van der Waals surface area contributed by atoms with Crippen LogP contribution in [0.2, 0.25) is 0 Å². The van der Waals surface area contributed by atoms with Crippen molar-refractivity contribution in [2.45, 2.75) is 0 Å². The van der Waals surface area contributed by atoms with E-state index in [1.54, 1.807) is 59.7 Å². The average Bonchev–Trinajstić information content (AvgIpc) is 3.50. The number of hydrogen-bond acceptors (Lipinski definition) is 6. The van der Waals surface area contributed by atoms with E-state index in [1.165, 1.54) is 18.2 Å². The van der Waals surface area contributed by atoms with Gasteiger partial charge in [-0.1, -0.05) is 24.3 Å². The summed E-state index contributed by atoms with van der Waals surface area (Å²) in [5.74, 6) is -1.16. The second kappa shape index (κ2) is 11.7. The summed E-state index contributed by atoms with van der Waals surface area (Å²) < 4.78 is 15.2. The first-order chi connectivity index (χ1) is 19.0. The molecule has 1 saturated heterocycles. The quantitative estimate of drug-likeness (QED) is 0.319. The largest absolute Gasteiger partial charge is 0.351 e. The summed E-state index contributed by atoms with van der Waals surface area (Å²) in [6.45, 7) is 0.136. The molecule has 3 amide bonds. The van der Waals surface area contributed by atoms with E-state index in [9.17, 15) is 18.8 Å². The number of carbonyl (C=O) groups excluding carboxylic acids is 3.